The molecule has 19 heavy (non-hydrogen) atoms. The van der Waals surface area contributed by atoms with E-state index in [2.05, 4.69) is 0 Å². The van der Waals surface area contributed by atoms with Crippen molar-refractivity contribution in [3.63, 3.8) is 0 Å². The molecule has 2 fully saturated rings. The molecule has 3 atom stereocenters. The molecule has 2 aliphatic rings. The van der Waals surface area contributed by atoms with Crippen LogP contribution in [0.2, 0.25) is 0 Å². The first kappa shape index (κ1) is 12.6. The summed E-state index contributed by atoms with van der Waals surface area (Å²) in [7, 11) is 1.46. The van der Waals surface area contributed by atoms with Crippen molar-refractivity contribution in [1.29, 1.82) is 0 Å². The maximum absolute atomic E-state index is 12.6. The van der Waals surface area contributed by atoms with E-state index in [4.69, 9.17) is 9.57 Å². The molecular formula is C15H19NO3. The molecule has 102 valence electrons. The van der Waals surface area contributed by atoms with Crippen LogP contribution in [0.5, 0.6) is 0 Å². The SMILES string of the molecule is COC(=O)C1(c2ccccc2)C(C)ON2CCCC21. The van der Waals surface area contributed by atoms with Gasteiger partial charge in [-0.3, -0.25) is 9.63 Å². The number of benzene rings is 1. The predicted molar refractivity (Wildman–Crippen MR) is 70.4 cm³/mol. The molecule has 2 aliphatic heterocycles. The number of nitrogens with zero attached hydrogens (tertiary/aromatic N) is 1. The monoisotopic (exact) mass is 261 g/mol. The van der Waals surface area contributed by atoms with Crippen LogP contribution in [-0.4, -0.2) is 36.8 Å². The van der Waals surface area contributed by atoms with Crippen molar-refractivity contribution in [1.82, 2.24) is 5.06 Å². The van der Waals surface area contributed by atoms with Gasteiger partial charge in [0.05, 0.1) is 19.3 Å². The maximum atomic E-state index is 12.6. The molecule has 0 saturated carbocycles. The van der Waals surface area contributed by atoms with E-state index in [1.807, 2.05) is 42.3 Å². The van der Waals surface area contributed by atoms with Gasteiger partial charge in [-0.05, 0) is 25.3 Å². The molecule has 1 aromatic rings. The number of hydrogen-bond donors (Lipinski definition) is 0. The number of methoxy groups -OCH3 is 1. The Morgan fingerprint density at radius 1 is 1.42 bits per heavy atom. The van der Waals surface area contributed by atoms with Crippen molar-refractivity contribution >= 4 is 5.97 Å². The van der Waals surface area contributed by atoms with Gasteiger partial charge in [-0.2, -0.15) is 5.06 Å². The largest absolute Gasteiger partial charge is 0.468 e. The van der Waals surface area contributed by atoms with E-state index in [1.54, 1.807) is 0 Å². The number of hydrogen-bond acceptors (Lipinski definition) is 4. The molecule has 1 aromatic carbocycles. The standard InChI is InChI=1S/C15H19NO3/c1-11-15(14(17)18-2,12-7-4-3-5-8-12)13-9-6-10-16(13)19-11/h3-5,7-8,11,13H,6,9-10H2,1-2H3. The van der Waals surface area contributed by atoms with Crippen LogP contribution >= 0.6 is 0 Å². The van der Waals surface area contributed by atoms with E-state index in [-0.39, 0.29) is 18.1 Å². The summed E-state index contributed by atoms with van der Waals surface area (Å²) in [6.07, 6.45) is 1.82. The van der Waals surface area contributed by atoms with Crippen molar-refractivity contribution in [3.8, 4) is 0 Å². The van der Waals surface area contributed by atoms with Crippen LogP contribution in [0.25, 0.3) is 0 Å². The minimum absolute atomic E-state index is 0.0809. The lowest BCUT2D eigenvalue weighted by atomic mass is 9.70. The summed E-state index contributed by atoms with van der Waals surface area (Å²) in [4.78, 5) is 18.5. The summed E-state index contributed by atoms with van der Waals surface area (Å²) < 4.78 is 5.12. The van der Waals surface area contributed by atoms with Crippen LogP contribution in [0.1, 0.15) is 25.3 Å². The van der Waals surface area contributed by atoms with E-state index in [0.717, 1.165) is 24.9 Å². The molecule has 4 heteroatoms. The van der Waals surface area contributed by atoms with Gasteiger partial charge in [-0.25, -0.2) is 0 Å². The maximum Gasteiger partial charge on any atom is 0.320 e. The van der Waals surface area contributed by atoms with Crippen molar-refractivity contribution in [3.05, 3.63) is 35.9 Å². The number of carbonyl (C=O) groups is 1. The van der Waals surface area contributed by atoms with E-state index in [0.29, 0.717) is 0 Å². The molecule has 0 bridgehead atoms. The first-order valence-corrected chi connectivity index (χ1v) is 6.78. The highest BCUT2D eigenvalue weighted by Gasteiger charge is 2.61. The number of hydroxylamine groups is 2. The van der Waals surface area contributed by atoms with Crippen LogP contribution in [0, 0.1) is 0 Å². The summed E-state index contributed by atoms with van der Waals surface area (Å²) in [5.74, 6) is -0.194. The van der Waals surface area contributed by atoms with Gasteiger partial charge in [0.2, 0.25) is 0 Å². The summed E-state index contributed by atoms with van der Waals surface area (Å²) in [6, 6.07) is 9.96. The highest BCUT2D eigenvalue weighted by atomic mass is 16.7. The Morgan fingerprint density at radius 2 is 2.16 bits per heavy atom. The molecule has 0 spiro atoms. The molecule has 2 saturated heterocycles. The molecule has 0 amide bonds. The van der Waals surface area contributed by atoms with E-state index < -0.39 is 5.41 Å². The second-order valence-electron chi connectivity index (χ2n) is 5.27. The Bertz CT molecular complexity index is 476. The highest BCUT2D eigenvalue weighted by Crippen LogP contribution is 2.47. The zero-order valence-corrected chi connectivity index (χ0v) is 11.3. The van der Waals surface area contributed by atoms with Gasteiger partial charge in [0, 0.05) is 6.54 Å². The number of fused-ring (bicyclic) bond motifs is 1. The molecule has 3 rings (SSSR count). The quantitative estimate of drug-likeness (QED) is 0.762. The Morgan fingerprint density at radius 3 is 2.84 bits per heavy atom. The first-order valence-electron chi connectivity index (χ1n) is 6.78. The third-order valence-corrected chi connectivity index (χ3v) is 4.44. The number of rotatable bonds is 2. The van der Waals surface area contributed by atoms with Gasteiger partial charge >= 0.3 is 5.97 Å². The van der Waals surface area contributed by atoms with Crippen LogP contribution in [-0.2, 0) is 19.8 Å². The zero-order valence-electron chi connectivity index (χ0n) is 11.3. The zero-order chi connectivity index (χ0) is 13.5. The minimum Gasteiger partial charge on any atom is -0.468 e. The Labute approximate surface area is 113 Å². The third kappa shape index (κ3) is 1.63. The van der Waals surface area contributed by atoms with Crippen LogP contribution < -0.4 is 0 Å². The number of esters is 1. The Hall–Kier alpha value is -1.39. The van der Waals surface area contributed by atoms with Gasteiger partial charge in [0.1, 0.15) is 5.41 Å². The molecule has 0 radical (unpaired) electrons. The van der Waals surface area contributed by atoms with Gasteiger partial charge < -0.3 is 4.74 Å². The Balaban J connectivity index is 2.14. The third-order valence-electron chi connectivity index (χ3n) is 4.44. The normalized spacial score (nSPS) is 34.2. The molecular weight excluding hydrogens is 242 g/mol. The van der Waals surface area contributed by atoms with E-state index in [1.165, 1.54) is 7.11 Å². The lowest BCUT2D eigenvalue weighted by Gasteiger charge is -2.33. The molecule has 0 aliphatic carbocycles. The van der Waals surface area contributed by atoms with Crippen molar-refractivity contribution < 1.29 is 14.4 Å². The average Bonchev–Trinajstić information content (AvgIpc) is 2.98. The fraction of sp³-hybridized carbons (Fsp3) is 0.533. The first-order chi connectivity index (χ1) is 9.21. The molecule has 2 heterocycles. The van der Waals surface area contributed by atoms with Crippen LogP contribution in [0.4, 0.5) is 0 Å². The fourth-order valence-corrected chi connectivity index (χ4v) is 3.61. The summed E-state index contributed by atoms with van der Waals surface area (Å²) in [6.45, 7) is 2.85. The van der Waals surface area contributed by atoms with Gasteiger partial charge in [-0.15, -0.1) is 0 Å². The van der Waals surface area contributed by atoms with E-state index >= 15 is 0 Å². The highest BCUT2D eigenvalue weighted by molar-refractivity contribution is 5.85. The van der Waals surface area contributed by atoms with Crippen molar-refractivity contribution in [2.45, 2.75) is 37.3 Å². The van der Waals surface area contributed by atoms with Crippen LogP contribution in [0.3, 0.4) is 0 Å². The minimum atomic E-state index is -0.702. The fourth-order valence-electron chi connectivity index (χ4n) is 3.61. The number of carbonyl (C=O) groups excluding carboxylic acids is 1. The van der Waals surface area contributed by atoms with Crippen molar-refractivity contribution in [2.75, 3.05) is 13.7 Å². The summed E-state index contributed by atoms with van der Waals surface area (Å²) >= 11 is 0. The molecule has 3 unspecified atom stereocenters. The van der Waals surface area contributed by atoms with E-state index in [9.17, 15) is 4.79 Å². The number of ether oxygens (including phenoxy) is 1. The molecule has 0 aromatic heterocycles. The van der Waals surface area contributed by atoms with Crippen LogP contribution in [0.15, 0.2) is 30.3 Å². The average molecular weight is 261 g/mol. The summed E-state index contributed by atoms with van der Waals surface area (Å²) in [5, 5.41) is 1.97. The van der Waals surface area contributed by atoms with Gasteiger partial charge in [-0.1, -0.05) is 30.3 Å². The molecule has 4 nitrogen and oxygen atoms in total. The topological polar surface area (TPSA) is 38.8 Å². The summed E-state index contributed by atoms with van der Waals surface area (Å²) in [5.41, 5.74) is 0.288. The second kappa shape index (κ2) is 4.62. The molecule has 0 N–H and O–H groups in total. The second-order valence-corrected chi connectivity index (χ2v) is 5.27. The van der Waals surface area contributed by atoms with Gasteiger partial charge in [0.25, 0.3) is 0 Å². The smallest absolute Gasteiger partial charge is 0.320 e. The lowest BCUT2D eigenvalue weighted by molar-refractivity contribution is -0.154. The van der Waals surface area contributed by atoms with Gasteiger partial charge in [0.15, 0.2) is 0 Å². The predicted octanol–water partition coefficient (Wildman–Crippen LogP) is 1.90. The lowest BCUT2D eigenvalue weighted by Crippen LogP contribution is -2.51. The van der Waals surface area contributed by atoms with Crippen molar-refractivity contribution in [2.24, 2.45) is 0 Å². The Kier molecular flexibility index (Phi) is 3.07.